The van der Waals surface area contributed by atoms with E-state index in [0.717, 1.165) is 0 Å². The van der Waals surface area contributed by atoms with Gasteiger partial charge in [-0.15, -0.1) is 0 Å². The van der Waals surface area contributed by atoms with E-state index in [9.17, 15) is 0 Å². The lowest BCUT2D eigenvalue weighted by Gasteiger charge is -1.81. The van der Waals surface area contributed by atoms with Crippen molar-refractivity contribution in [2.24, 2.45) is 10.7 Å². The third-order valence-electron chi connectivity index (χ3n) is 0.320. The molecular weight excluding hydrogens is 80.0 g/mol. The summed E-state index contributed by atoms with van der Waals surface area (Å²) in [7, 11) is 0. The third kappa shape index (κ3) is 3.43. The normalized spacial score (nSPS) is 12.0. The van der Waals surface area contributed by atoms with E-state index in [2.05, 4.69) is 4.99 Å². The van der Waals surface area contributed by atoms with Crippen molar-refractivity contribution in [1.29, 1.82) is 0 Å². The number of aliphatic hydroxyl groups excluding tert-OH is 1. The molecule has 0 aromatic heterocycles. The molecule has 0 radical (unpaired) electrons. The SMILES string of the molecule is CC(N)=NCO. The van der Waals surface area contributed by atoms with Gasteiger partial charge in [0.1, 0.15) is 6.73 Å². The summed E-state index contributed by atoms with van der Waals surface area (Å²) < 4.78 is 0. The second-order valence-corrected chi connectivity index (χ2v) is 0.941. The first-order chi connectivity index (χ1) is 2.77. The molecule has 3 heteroatoms. The van der Waals surface area contributed by atoms with Crippen molar-refractivity contribution in [2.45, 2.75) is 6.92 Å². The third-order valence-corrected chi connectivity index (χ3v) is 0.320. The van der Waals surface area contributed by atoms with Crippen molar-refractivity contribution < 1.29 is 5.11 Å². The van der Waals surface area contributed by atoms with Crippen LogP contribution in [0.2, 0.25) is 0 Å². The number of nitrogens with two attached hydrogens (primary N) is 1. The van der Waals surface area contributed by atoms with Gasteiger partial charge in [-0.05, 0) is 6.92 Å². The number of nitrogens with zero attached hydrogens (tertiary/aromatic N) is 1. The van der Waals surface area contributed by atoms with E-state index < -0.39 is 0 Å². The summed E-state index contributed by atoms with van der Waals surface area (Å²) in [5, 5.41) is 7.97. The maximum atomic E-state index is 7.97. The fourth-order valence-electron chi connectivity index (χ4n) is 0.112. The van der Waals surface area contributed by atoms with Crippen LogP contribution in [0.3, 0.4) is 0 Å². The van der Waals surface area contributed by atoms with Gasteiger partial charge in [0.25, 0.3) is 0 Å². The standard InChI is InChI=1S/C3H8N2O/c1-3(4)5-2-6/h6H,2H2,1H3,(H2,4,5). The van der Waals surface area contributed by atoms with Crippen LogP contribution in [0.1, 0.15) is 6.92 Å². The van der Waals surface area contributed by atoms with E-state index in [4.69, 9.17) is 10.8 Å². The van der Waals surface area contributed by atoms with Crippen LogP contribution in [0.5, 0.6) is 0 Å². The zero-order valence-electron chi connectivity index (χ0n) is 3.68. The van der Waals surface area contributed by atoms with Gasteiger partial charge in [-0.3, -0.25) is 0 Å². The van der Waals surface area contributed by atoms with E-state index in [0.29, 0.717) is 5.84 Å². The minimum atomic E-state index is -0.206. The highest BCUT2D eigenvalue weighted by Crippen LogP contribution is 1.60. The molecule has 0 fully saturated rings. The summed E-state index contributed by atoms with van der Waals surface area (Å²) in [5.74, 6) is 0.414. The van der Waals surface area contributed by atoms with Crippen LogP contribution in [0.15, 0.2) is 4.99 Å². The molecule has 0 aliphatic heterocycles. The van der Waals surface area contributed by atoms with Gasteiger partial charge in [-0.2, -0.15) is 0 Å². The van der Waals surface area contributed by atoms with Crippen LogP contribution in [0, 0.1) is 0 Å². The lowest BCUT2D eigenvalue weighted by Crippen LogP contribution is -2.05. The Morgan fingerprint density at radius 3 is 2.50 bits per heavy atom. The molecule has 0 atom stereocenters. The number of hydrogen-bond acceptors (Lipinski definition) is 2. The predicted molar refractivity (Wildman–Crippen MR) is 24.4 cm³/mol. The fraction of sp³-hybridized carbons (Fsp3) is 0.667. The minimum absolute atomic E-state index is 0.206. The molecule has 0 aliphatic carbocycles. The average molecular weight is 88.1 g/mol. The highest BCUT2D eigenvalue weighted by molar-refractivity contribution is 5.77. The monoisotopic (exact) mass is 88.1 g/mol. The molecular formula is C3H8N2O. The first kappa shape index (κ1) is 5.43. The van der Waals surface area contributed by atoms with Crippen molar-refractivity contribution in [3.05, 3.63) is 0 Å². The summed E-state index contributed by atoms with van der Waals surface area (Å²) in [6.07, 6.45) is 0. The molecule has 0 aromatic rings. The fourth-order valence-corrected chi connectivity index (χ4v) is 0.112. The first-order valence-electron chi connectivity index (χ1n) is 1.64. The average Bonchev–Trinajstić information content (AvgIpc) is 1.35. The maximum absolute atomic E-state index is 7.97. The molecule has 0 unspecified atom stereocenters. The molecule has 3 N–H and O–H groups in total. The zero-order valence-corrected chi connectivity index (χ0v) is 3.68. The highest BCUT2D eigenvalue weighted by atomic mass is 16.3. The van der Waals surface area contributed by atoms with Crippen LogP contribution >= 0.6 is 0 Å². The summed E-state index contributed by atoms with van der Waals surface area (Å²) in [6, 6.07) is 0. The number of aliphatic imine (C=N–C) groups is 1. The number of aliphatic hydroxyl groups is 1. The zero-order chi connectivity index (χ0) is 4.99. The molecule has 0 saturated heterocycles. The van der Waals surface area contributed by atoms with Gasteiger partial charge >= 0.3 is 0 Å². The van der Waals surface area contributed by atoms with Gasteiger partial charge in [0.2, 0.25) is 0 Å². The molecule has 0 heterocycles. The topological polar surface area (TPSA) is 58.6 Å². The van der Waals surface area contributed by atoms with Crippen LogP contribution < -0.4 is 5.73 Å². The molecule has 6 heavy (non-hydrogen) atoms. The second kappa shape index (κ2) is 2.66. The van der Waals surface area contributed by atoms with E-state index in [1.165, 1.54) is 0 Å². The van der Waals surface area contributed by atoms with Crippen LogP contribution in [-0.2, 0) is 0 Å². The first-order valence-corrected chi connectivity index (χ1v) is 1.64. The Hall–Kier alpha value is -0.570. The Morgan fingerprint density at radius 1 is 2.00 bits per heavy atom. The number of rotatable bonds is 1. The van der Waals surface area contributed by atoms with Gasteiger partial charge in [0.15, 0.2) is 0 Å². The van der Waals surface area contributed by atoms with Crippen LogP contribution in [0.25, 0.3) is 0 Å². The molecule has 0 amide bonds. The maximum Gasteiger partial charge on any atom is 0.136 e. The van der Waals surface area contributed by atoms with Gasteiger partial charge in [0, 0.05) is 0 Å². The Bertz CT molecular complexity index is 55.8. The molecule has 0 aliphatic rings. The van der Waals surface area contributed by atoms with Gasteiger partial charge in [0.05, 0.1) is 5.84 Å². The van der Waals surface area contributed by atoms with E-state index >= 15 is 0 Å². The molecule has 3 nitrogen and oxygen atoms in total. The molecule has 0 saturated carbocycles. The Kier molecular flexibility index (Phi) is 2.40. The highest BCUT2D eigenvalue weighted by Gasteiger charge is 1.68. The van der Waals surface area contributed by atoms with E-state index in [1.54, 1.807) is 6.92 Å². The van der Waals surface area contributed by atoms with Crippen LogP contribution in [0.4, 0.5) is 0 Å². The lowest BCUT2D eigenvalue weighted by atomic mass is 10.7. The van der Waals surface area contributed by atoms with Crippen molar-refractivity contribution in [3.63, 3.8) is 0 Å². The van der Waals surface area contributed by atoms with Crippen LogP contribution in [-0.4, -0.2) is 17.7 Å². The molecule has 36 valence electrons. The van der Waals surface area contributed by atoms with Gasteiger partial charge < -0.3 is 10.8 Å². The summed E-state index contributed by atoms with van der Waals surface area (Å²) >= 11 is 0. The number of amidine groups is 1. The van der Waals surface area contributed by atoms with Crippen molar-refractivity contribution in [1.82, 2.24) is 0 Å². The largest absolute Gasteiger partial charge is 0.388 e. The van der Waals surface area contributed by atoms with Crippen molar-refractivity contribution in [3.8, 4) is 0 Å². The molecule has 0 spiro atoms. The van der Waals surface area contributed by atoms with Crippen molar-refractivity contribution in [2.75, 3.05) is 6.73 Å². The van der Waals surface area contributed by atoms with E-state index in [1.807, 2.05) is 0 Å². The smallest absolute Gasteiger partial charge is 0.136 e. The van der Waals surface area contributed by atoms with Crippen molar-refractivity contribution >= 4 is 5.84 Å². The Balaban J connectivity index is 3.14. The molecule has 0 bridgehead atoms. The quantitative estimate of drug-likeness (QED) is 0.329. The van der Waals surface area contributed by atoms with Gasteiger partial charge in [-0.1, -0.05) is 0 Å². The number of hydrogen-bond donors (Lipinski definition) is 2. The second-order valence-electron chi connectivity index (χ2n) is 0.941. The van der Waals surface area contributed by atoms with Gasteiger partial charge in [-0.25, -0.2) is 4.99 Å². The van der Waals surface area contributed by atoms with E-state index in [-0.39, 0.29) is 6.73 Å². The summed E-state index contributed by atoms with van der Waals surface area (Å²) in [4.78, 5) is 3.38. The lowest BCUT2D eigenvalue weighted by molar-refractivity contribution is 0.309. The molecule has 0 aromatic carbocycles. The Labute approximate surface area is 36.5 Å². The Morgan fingerprint density at radius 2 is 2.50 bits per heavy atom. The predicted octanol–water partition coefficient (Wildman–Crippen LogP) is -0.687. The molecule has 0 rings (SSSR count). The summed E-state index contributed by atoms with van der Waals surface area (Å²) in [5.41, 5.74) is 4.99. The minimum Gasteiger partial charge on any atom is -0.388 e. The summed E-state index contributed by atoms with van der Waals surface area (Å²) in [6.45, 7) is 1.42.